The Morgan fingerprint density at radius 2 is 2.05 bits per heavy atom. The van der Waals surface area contributed by atoms with Gasteiger partial charge in [-0.2, -0.15) is 0 Å². The Balaban J connectivity index is 1.62. The molecule has 0 radical (unpaired) electrons. The minimum Gasteiger partial charge on any atom is -0.504 e. The van der Waals surface area contributed by atoms with Crippen LogP contribution in [0.3, 0.4) is 0 Å². The summed E-state index contributed by atoms with van der Waals surface area (Å²) in [4.78, 5) is 2.55. The number of phenols is 1. The molecule has 118 valence electrons. The highest BCUT2D eigenvalue weighted by molar-refractivity contribution is 5.45. The van der Waals surface area contributed by atoms with Crippen molar-refractivity contribution >= 4 is 0 Å². The number of phenolic OH excluding ortho intramolecular Hbond substituents is 1. The lowest BCUT2D eigenvalue weighted by atomic mass is 10.2. The van der Waals surface area contributed by atoms with Gasteiger partial charge in [0, 0.05) is 12.1 Å². The van der Waals surface area contributed by atoms with Gasteiger partial charge in [-0.05, 0) is 64.9 Å². The van der Waals surface area contributed by atoms with Crippen molar-refractivity contribution in [2.24, 2.45) is 0 Å². The SMILES string of the molecule is CCOc1cccc(CNCCCCN2CCCC2)c1O. The molecule has 2 N–H and O–H groups in total. The average molecular weight is 292 g/mol. The highest BCUT2D eigenvalue weighted by Crippen LogP contribution is 2.29. The second-order valence-corrected chi connectivity index (χ2v) is 5.63. The van der Waals surface area contributed by atoms with Crippen LogP contribution in [0.15, 0.2) is 18.2 Å². The molecule has 2 rings (SSSR count). The number of nitrogens with zero attached hydrogens (tertiary/aromatic N) is 1. The lowest BCUT2D eigenvalue weighted by Gasteiger charge is -2.14. The molecule has 0 amide bonds. The van der Waals surface area contributed by atoms with Gasteiger partial charge in [0.05, 0.1) is 6.61 Å². The summed E-state index contributed by atoms with van der Waals surface area (Å²) in [5.74, 6) is 0.842. The van der Waals surface area contributed by atoms with Crippen LogP contribution in [0.25, 0.3) is 0 Å². The summed E-state index contributed by atoms with van der Waals surface area (Å²) in [6.45, 7) is 7.97. The van der Waals surface area contributed by atoms with Gasteiger partial charge in [0.25, 0.3) is 0 Å². The van der Waals surface area contributed by atoms with Crippen LogP contribution < -0.4 is 10.1 Å². The molecule has 1 aromatic rings. The number of para-hydroxylation sites is 1. The van der Waals surface area contributed by atoms with E-state index in [2.05, 4.69) is 10.2 Å². The summed E-state index contributed by atoms with van der Waals surface area (Å²) < 4.78 is 5.40. The second kappa shape index (κ2) is 8.90. The maximum absolute atomic E-state index is 10.1. The Morgan fingerprint density at radius 3 is 2.81 bits per heavy atom. The van der Waals surface area contributed by atoms with Crippen LogP contribution in [0, 0.1) is 0 Å². The standard InChI is InChI=1S/C17H28N2O2/c1-2-21-16-9-7-8-15(17(16)20)14-18-10-3-4-11-19-12-5-6-13-19/h7-9,18,20H,2-6,10-14H2,1H3. The molecule has 0 saturated carbocycles. The fourth-order valence-electron chi connectivity index (χ4n) is 2.80. The van der Waals surface area contributed by atoms with Gasteiger partial charge in [0.1, 0.15) is 0 Å². The number of benzene rings is 1. The van der Waals surface area contributed by atoms with Gasteiger partial charge in [0.2, 0.25) is 0 Å². The van der Waals surface area contributed by atoms with E-state index in [0.717, 1.165) is 12.1 Å². The summed E-state index contributed by atoms with van der Waals surface area (Å²) >= 11 is 0. The zero-order valence-corrected chi connectivity index (χ0v) is 13.1. The summed E-state index contributed by atoms with van der Waals surface area (Å²) in [7, 11) is 0. The molecule has 4 heteroatoms. The first-order chi connectivity index (χ1) is 10.3. The van der Waals surface area contributed by atoms with E-state index in [9.17, 15) is 5.11 Å². The smallest absolute Gasteiger partial charge is 0.162 e. The van der Waals surface area contributed by atoms with Crippen molar-refractivity contribution in [1.29, 1.82) is 0 Å². The Labute approximate surface area is 128 Å². The van der Waals surface area contributed by atoms with E-state index in [1.165, 1.54) is 45.3 Å². The van der Waals surface area contributed by atoms with Crippen molar-refractivity contribution in [3.8, 4) is 11.5 Å². The molecule has 1 aliphatic rings. The lowest BCUT2D eigenvalue weighted by molar-refractivity contribution is 0.316. The van der Waals surface area contributed by atoms with Crippen LogP contribution in [0.1, 0.15) is 38.2 Å². The van der Waals surface area contributed by atoms with E-state index < -0.39 is 0 Å². The second-order valence-electron chi connectivity index (χ2n) is 5.63. The zero-order chi connectivity index (χ0) is 14.9. The first kappa shape index (κ1) is 16.1. The third-order valence-corrected chi connectivity index (χ3v) is 3.97. The molecule has 0 atom stereocenters. The molecule has 0 spiro atoms. The third kappa shape index (κ3) is 5.21. The highest BCUT2D eigenvalue weighted by atomic mass is 16.5. The number of hydrogen-bond acceptors (Lipinski definition) is 4. The first-order valence-corrected chi connectivity index (χ1v) is 8.18. The minimum atomic E-state index is 0.268. The van der Waals surface area contributed by atoms with E-state index in [0.29, 0.717) is 18.9 Å². The van der Waals surface area contributed by atoms with E-state index >= 15 is 0 Å². The predicted molar refractivity (Wildman–Crippen MR) is 85.9 cm³/mol. The van der Waals surface area contributed by atoms with E-state index in [4.69, 9.17) is 4.74 Å². The fraction of sp³-hybridized carbons (Fsp3) is 0.647. The van der Waals surface area contributed by atoms with Crippen LogP contribution in [0.2, 0.25) is 0 Å². The van der Waals surface area contributed by atoms with Crippen molar-refractivity contribution < 1.29 is 9.84 Å². The number of likely N-dealkylation sites (tertiary alicyclic amines) is 1. The number of nitrogens with one attached hydrogen (secondary N) is 1. The monoisotopic (exact) mass is 292 g/mol. The Bertz CT molecular complexity index is 417. The maximum Gasteiger partial charge on any atom is 0.162 e. The van der Waals surface area contributed by atoms with Crippen molar-refractivity contribution in [3.63, 3.8) is 0 Å². The van der Waals surface area contributed by atoms with Crippen molar-refractivity contribution in [2.75, 3.05) is 32.8 Å². The van der Waals surface area contributed by atoms with Crippen LogP contribution >= 0.6 is 0 Å². The number of unbranched alkanes of at least 4 members (excludes halogenated alkanes) is 1. The molecule has 1 heterocycles. The molecule has 0 bridgehead atoms. The fourth-order valence-corrected chi connectivity index (χ4v) is 2.80. The van der Waals surface area contributed by atoms with Crippen molar-refractivity contribution in [1.82, 2.24) is 10.2 Å². The van der Waals surface area contributed by atoms with Crippen LogP contribution in [-0.2, 0) is 6.54 Å². The number of hydrogen-bond donors (Lipinski definition) is 2. The van der Waals surface area contributed by atoms with Crippen molar-refractivity contribution in [2.45, 2.75) is 39.2 Å². The van der Waals surface area contributed by atoms with E-state index in [1.807, 2.05) is 19.1 Å². The summed E-state index contributed by atoms with van der Waals surface area (Å²) in [6, 6.07) is 5.67. The van der Waals surface area contributed by atoms with Crippen LogP contribution in [-0.4, -0.2) is 42.8 Å². The predicted octanol–water partition coefficient (Wildman–Crippen LogP) is 2.76. The molecule has 4 nitrogen and oxygen atoms in total. The first-order valence-electron chi connectivity index (χ1n) is 8.18. The van der Waals surface area contributed by atoms with E-state index in [-0.39, 0.29) is 5.75 Å². The summed E-state index contributed by atoms with van der Waals surface area (Å²) in [5, 5.41) is 13.5. The van der Waals surface area contributed by atoms with Gasteiger partial charge in [-0.25, -0.2) is 0 Å². The molecular weight excluding hydrogens is 264 g/mol. The summed E-state index contributed by atoms with van der Waals surface area (Å²) in [5.41, 5.74) is 0.903. The molecule has 1 aliphatic heterocycles. The molecule has 1 saturated heterocycles. The molecule has 1 fully saturated rings. The molecule has 0 aliphatic carbocycles. The maximum atomic E-state index is 10.1. The number of ether oxygens (including phenoxy) is 1. The zero-order valence-electron chi connectivity index (χ0n) is 13.1. The average Bonchev–Trinajstić information content (AvgIpc) is 3.00. The molecule has 0 aromatic heterocycles. The third-order valence-electron chi connectivity index (χ3n) is 3.97. The number of aromatic hydroxyl groups is 1. The van der Waals surface area contributed by atoms with Gasteiger partial charge in [0.15, 0.2) is 11.5 Å². The summed E-state index contributed by atoms with van der Waals surface area (Å²) in [6.07, 6.45) is 5.17. The molecule has 0 unspecified atom stereocenters. The lowest BCUT2D eigenvalue weighted by Crippen LogP contribution is -2.22. The van der Waals surface area contributed by atoms with Gasteiger partial charge >= 0.3 is 0 Å². The van der Waals surface area contributed by atoms with Gasteiger partial charge in [-0.15, -0.1) is 0 Å². The topological polar surface area (TPSA) is 44.7 Å². The Kier molecular flexibility index (Phi) is 6.83. The molecule has 21 heavy (non-hydrogen) atoms. The van der Waals surface area contributed by atoms with Crippen molar-refractivity contribution in [3.05, 3.63) is 23.8 Å². The molecular formula is C17H28N2O2. The number of rotatable bonds is 9. The Morgan fingerprint density at radius 1 is 1.24 bits per heavy atom. The normalized spacial score (nSPS) is 15.5. The molecule has 1 aromatic carbocycles. The van der Waals surface area contributed by atoms with Crippen LogP contribution in [0.4, 0.5) is 0 Å². The minimum absolute atomic E-state index is 0.268. The van der Waals surface area contributed by atoms with Gasteiger partial charge < -0.3 is 20.1 Å². The Hall–Kier alpha value is -1.26. The largest absolute Gasteiger partial charge is 0.504 e. The quantitative estimate of drug-likeness (QED) is 0.687. The van der Waals surface area contributed by atoms with E-state index in [1.54, 1.807) is 6.07 Å². The van der Waals surface area contributed by atoms with Crippen LogP contribution in [0.5, 0.6) is 11.5 Å². The van der Waals surface area contributed by atoms with Gasteiger partial charge in [-0.3, -0.25) is 0 Å². The highest BCUT2D eigenvalue weighted by Gasteiger charge is 2.10. The van der Waals surface area contributed by atoms with Gasteiger partial charge in [-0.1, -0.05) is 12.1 Å².